The minimum Gasteiger partial charge on any atom is -0.490 e. The molecule has 1 saturated carbocycles. The van der Waals surface area contributed by atoms with Gasteiger partial charge in [-0.15, -0.1) is 10.2 Å². The van der Waals surface area contributed by atoms with E-state index in [1.807, 2.05) is 0 Å². The third-order valence-corrected chi connectivity index (χ3v) is 7.22. The Bertz CT molecular complexity index is 1250. The van der Waals surface area contributed by atoms with Gasteiger partial charge in [-0.05, 0) is 75.3 Å². The summed E-state index contributed by atoms with van der Waals surface area (Å²) in [7, 11) is 0. The number of rotatable bonds is 6. The summed E-state index contributed by atoms with van der Waals surface area (Å²) in [4.78, 5) is 18.8. The number of halogens is 3. The number of carbonyl (C=O) groups excluding carboxylic acids is 1. The molecule has 0 unspecified atom stereocenters. The topological polar surface area (TPSA) is 69.5 Å². The maximum atomic E-state index is 14.7. The average molecular weight is 515 g/mol. The number of hydrogen-bond acceptors (Lipinski definition) is 5. The van der Waals surface area contributed by atoms with Crippen LogP contribution in [-0.2, 0) is 9.63 Å². The number of hydrogen-bond donors (Lipinski definition) is 0. The molecule has 7 nitrogen and oxygen atoms in total. The largest absolute Gasteiger partial charge is 0.490 e. The summed E-state index contributed by atoms with van der Waals surface area (Å²) in [5.41, 5.74) is 1.03. The van der Waals surface area contributed by atoms with E-state index in [0.717, 1.165) is 18.9 Å². The lowest BCUT2D eigenvalue weighted by atomic mass is 9.81. The number of aromatic nitrogens is 3. The molecule has 2 aliphatic rings. The number of nitrogens with zero attached hydrogens (tertiary/aromatic N) is 4. The molecule has 5 rings (SSSR count). The second kappa shape index (κ2) is 10.5. The van der Waals surface area contributed by atoms with Crippen molar-refractivity contribution >= 4 is 5.91 Å². The molecule has 1 atom stereocenters. The van der Waals surface area contributed by atoms with Crippen LogP contribution >= 0.6 is 0 Å². The van der Waals surface area contributed by atoms with Crippen molar-refractivity contribution in [2.45, 2.75) is 52.0 Å². The lowest BCUT2D eigenvalue weighted by Gasteiger charge is -2.32. The molecular formula is C27H29F3N4O3. The van der Waals surface area contributed by atoms with Crippen LogP contribution in [-0.4, -0.2) is 38.9 Å². The minimum atomic E-state index is -0.676. The Morgan fingerprint density at radius 3 is 2.30 bits per heavy atom. The van der Waals surface area contributed by atoms with Gasteiger partial charge in [0.05, 0.1) is 24.9 Å². The first-order chi connectivity index (χ1) is 17.8. The minimum absolute atomic E-state index is 0.159. The third-order valence-electron chi connectivity index (χ3n) is 7.22. The zero-order chi connectivity index (χ0) is 26.1. The summed E-state index contributed by atoms with van der Waals surface area (Å²) < 4.78 is 49.7. The molecule has 0 N–H and O–H groups in total. The van der Waals surface area contributed by atoms with E-state index < -0.39 is 23.5 Å². The molecule has 2 heterocycles. The van der Waals surface area contributed by atoms with Gasteiger partial charge >= 0.3 is 0 Å². The number of ether oxygens (including phenoxy) is 1. The van der Waals surface area contributed by atoms with Gasteiger partial charge in [0.2, 0.25) is 5.91 Å². The zero-order valence-corrected chi connectivity index (χ0v) is 20.8. The Kier molecular flexibility index (Phi) is 7.19. The predicted molar refractivity (Wildman–Crippen MR) is 128 cm³/mol. The Balaban J connectivity index is 1.15. The van der Waals surface area contributed by atoms with E-state index >= 15 is 0 Å². The summed E-state index contributed by atoms with van der Waals surface area (Å²) in [5.74, 6) is -0.487. The van der Waals surface area contributed by atoms with Gasteiger partial charge < -0.3 is 4.74 Å². The van der Waals surface area contributed by atoms with Gasteiger partial charge in [0.25, 0.3) is 0 Å². The first kappa shape index (κ1) is 25.3. The van der Waals surface area contributed by atoms with E-state index in [1.54, 1.807) is 30.5 Å². The van der Waals surface area contributed by atoms with Crippen molar-refractivity contribution in [2.75, 3.05) is 13.2 Å². The SMILES string of the molecule is Cc1nnc(C)n1-c1ccc(OC[C@H]2CC[C@H](C(=O)N3OCC[C@H]3c3cc(F)cc(F)c3)CC2)c(F)c1. The molecule has 2 aromatic carbocycles. The maximum absolute atomic E-state index is 14.7. The highest BCUT2D eigenvalue weighted by Crippen LogP contribution is 2.37. The third kappa shape index (κ3) is 5.34. The highest BCUT2D eigenvalue weighted by atomic mass is 19.1. The first-order valence-corrected chi connectivity index (χ1v) is 12.5. The summed E-state index contributed by atoms with van der Waals surface area (Å²) in [5, 5.41) is 9.31. The number of hydroxylamine groups is 2. The molecule has 1 amide bonds. The summed E-state index contributed by atoms with van der Waals surface area (Å²) in [6, 6.07) is 7.59. The van der Waals surface area contributed by atoms with Gasteiger partial charge in [0.1, 0.15) is 23.3 Å². The van der Waals surface area contributed by atoms with Crippen LogP contribution in [0.25, 0.3) is 5.69 Å². The van der Waals surface area contributed by atoms with Crippen LogP contribution in [0.4, 0.5) is 13.2 Å². The molecule has 0 bridgehead atoms. The molecule has 196 valence electrons. The lowest BCUT2D eigenvalue weighted by molar-refractivity contribution is -0.183. The highest BCUT2D eigenvalue weighted by molar-refractivity contribution is 5.78. The van der Waals surface area contributed by atoms with Crippen molar-refractivity contribution in [3.63, 3.8) is 0 Å². The molecule has 0 radical (unpaired) electrons. The molecule has 3 aromatic rings. The van der Waals surface area contributed by atoms with Crippen molar-refractivity contribution in [1.82, 2.24) is 19.8 Å². The van der Waals surface area contributed by atoms with Crippen LogP contribution < -0.4 is 4.74 Å². The standard InChI is InChI=1S/C27H29F3N4O3/c1-16-31-32-17(2)33(16)23-7-8-26(24(30)14-23)36-15-18-3-5-19(6-4-18)27(35)34-25(9-10-37-34)20-11-21(28)13-22(29)12-20/h7-8,11-14,18-19,25H,3-6,9-10,15H2,1-2H3/t18-,19-,25-/m0/s1. The number of aryl methyl sites for hydroxylation is 2. The maximum Gasteiger partial charge on any atom is 0.249 e. The summed E-state index contributed by atoms with van der Waals surface area (Å²) in [6.45, 7) is 4.28. The van der Waals surface area contributed by atoms with Crippen LogP contribution in [0.15, 0.2) is 36.4 Å². The Labute approximate surface area is 213 Å². The van der Waals surface area contributed by atoms with Crippen LogP contribution in [0, 0.1) is 43.1 Å². The number of benzene rings is 2. The molecule has 1 saturated heterocycles. The molecule has 10 heteroatoms. The van der Waals surface area contributed by atoms with E-state index in [-0.39, 0.29) is 23.5 Å². The fourth-order valence-electron chi connectivity index (χ4n) is 5.31. The van der Waals surface area contributed by atoms with Crippen molar-refractivity contribution in [3.8, 4) is 11.4 Å². The highest BCUT2D eigenvalue weighted by Gasteiger charge is 2.37. The summed E-state index contributed by atoms with van der Waals surface area (Å²) >= 11 is 0. The predicted octanol–water partition coefficient (Wildman–Crippen LogP) is 5.39. The average Bonchev–Trinajstić information content (AvgIpc) is 3.49. The molecular weight excluding hydrogens is 485 g/mol. The molecule has 1 aromatic heterocycles. The van der Waals surface area contributed by atoms with Crippen molar-refractivity contribution in [1.29, 1.82) is 0 Å². The van der Waals surface area contributed by atoms with E-state index in [0.29, 0.717) is 55.4 Å². The van der Waals surface area contributed by atoms with Gasteiger partial charge in [0, 0.05) is 24.5 Å². The van der Waals surface area contributed by atoms with Crippen LogP contribution in [0.1, 0.15) is 55.4 Å². The quantitative estimate of drug-likeness (QED) is 0.441. The van der Waals surface area contributed by atoms with Crippen molar-refractivity contribution < 1.29 is 27.5 Å². The van der Waals surface area contributed by atoms with E-state index in [2.05, 4.69) is 10.2 Å². The fourth-order valence-corrected chi connectivity index (χ4v) is 5.31. The monoisotopic (exact) mass is 514 g/mol. The van der Waals surface area contributed by atoms with Crippen LogP contribution in [0.3, 0.4) is 0 Å². The summed E-state index contributed by atoms with van der Waals surface area (Å²) in [6.07, 6.45) is 3.28. The number of amides is 1. The molecule has 2 fully saturated rings. The van der Waals surface area contributed by atoms with Crippen molar-refractivity contribution in [2.24, 2.45) is 11.8 Å². The second-order valence-electron chi connectivity index (χ2n) is 9.78. The molecule has 1 aliphatic heterocycles. The Hall–Kier alpha value is -3.40. The van der Waals surface area contributed by atoms with E-state index in [1.165, 1.54) is 23.3 Å². The van der Waals surface area contributed by atoms with Gasteiger partial charge in [-0.1, -0.05) is 0 Å². The normalized spacial score (nSPS) is 21.9. The van der Waals surface area contributed by atoms with E-state index in [9.17, 15) is 18.0 Å². The van der Waals surface area contributed by atoms with Crippen LogP contribution in [0.5, 0.6) is 5.75 Å². The van der Waals surface area contributed by atoms with Gasteiger partial charge in [-0.25, -0.2) is 18.2 Å². The molecule has 37 heavy (non-hydrogen) atoms. The van der Waals surface area contributed by atoms with Crippen LogP contribution in [0.2, 0.25) is 0 Å². The molecule has 0 spiro atoms. The first-order valence-electron chi connectivity index (χ1n) is 12.5. The Morgan fingerprint density at radius 2 is 1.65 bits per heavy atom. The molecule has 1 aliphatic carbocycles. The number of carbonyl (C=O) groups is 1. The van der Waals surface area contributed by atoms with Gasteiger partial charge in [-0.2, -0.15) is 0 Å². The van der Waals surface area contributed by atoms with Crippen molar-refractivity contribution in [3.05, 3.63) is 71.1 Å². The van der Waals surface area contributed by atoms with E-state index in [4.69, 9.17) is 9.57 Å². The Morgan fingerprint density at radius 1 is 0.973 bits per heavy atom. The smallest absolute Gasteiger partial charge is 0.249 e. The lowest BCUT2D eigenvalue weighted by Crippen LogP contribution is -2.37. The fraction of sp³-hybridized carbons (Fsp3) is 0.444. The zero-order valence-electron chi connectivity index (χ0n) is 20.8. The van der Waals surface area contributed by atoms with Gasteiger partial charge in [0.15, 0.2) is 11.6 Å². The second-order valence-corrected chi connectivity index (χ2v) is 9.78. The van der Waals surface area contributed by atoms with Gasteiger partial charge in [-0.3, -0.25) is 14.2 Å².